The van der Waals surface area contributed by atoms with Crippen molar-refractivity contribution in [3.8, 4) is 0 Å². The maximum Gasteiger partial charge on any atom is 0.251 e. The Bertz CT molecular complexity index is 765. The molecule has 1 N–H and O–H groups in total. The zero-order valence-electron chi connectivity index (χ0n) is 14.3. The predicted molar refractivity (Wildman–Crippen MR) is 101 cm³/mol. The van der Waals surface area contributed by atoms with Crippen LogP contribution >= 0.6 is 23.7 Å². The van der Waals surface area contributed by atoms with E-state index in [1.165, 1.54) is 12.8 Å². The smallest absolute Gasteiger partial charge is 0.251 e. The van der Waals surface area contributed by atoms with Gasteiger partial charge >= 0.3 is 0 Å². The maximum absolute atomic E-state index is 12.8. The Labute approximate surface area is 153 Å². The van der Waals surface area contributed by atoms with Crippen molar-refractivity contribution in [1.29, 1.82) is 0 Å². The number of aromatic nitrogens is 1. The van der Waals surface area contributed by atoms with E-state index in [-0.39, 0.29) is 29.9 Å². The van der Waals surface area contributed by atoms with Gasteiger partial charge in [0, 0.05) is 17.1 Å². The molecule has 0 radical (unpaired) electrons. The van der Waals surface area contributed by atoms with Crippen LogP contribution in [0.15, 0.2) is 18.2 Å². The van der Waals surface area contributed by atoms with Crippen molar-refractivity contribution in [3.63, 3.8) is 0 Å². The van der Waals surface area contributed by atoms with Crippen LogP contribution < -0.4 is 5.32 Å². The Balaban J connectivity index is 0.00000169. The monoisotopic (exact) mass is 365 g/mol. The van der Waals surface area contributed by atoms with Gasteiger partial charge in [-0.1, -0.05) is 0 Å². The Kier molecular flexibility index (Phi) is 4.62. The van der Waals surface area contributed by atoms with Crippen LogP contribution in [-0.2, 0) is 0 Å². The summed E-state index contributed by atoms with van der Waals surface area (Å²) in [5, 5.41) is 4.37. The average Bonchev–Trinajstić information content (AvgIpc) is 2.90. The molecule has 4 heterocycles. The highest BCUT2D eigenvalue weighted by atomic mass is 35.5. The van der Waals surface area contributed by atoms with E-state index in [2.05, 4.69) is 29.0 Å². The molecule has 1 amide bonds. The second kappa shape index (κ2) is 6.28. The van der Waals surface area contributed by atoms with Crippen molar-refractivity contribution in [2.75, 3.05) is 13.1 Å². The van der Waals surface area contributed by atoms with Gasteiger partial charge in [-0.3, -0.25) is 9.69 Å². The van der Waals surface area contributed by atoms with Gasteiger partial charge in [0.2, 0.25) is 0 Å². The fourth-order valence-corrected chi connectivity index (χ4v) is 5.15. The number of amides is 1. The van der Waals surface area contributed by atoms with E-state index in [0.29, 0.717) is 5.92 Å². The molecule has 24 heavy (non-hydrogen) atoms. The summed E-state index contributed by atoms with van der Waals surface area (Å²) in [6, 6.07) is 6.06. The number of benzene rings is 1. The Hall–Kier alpha value is -1.17. The van der Waals surface area contributed by atoms with Gasteiger partial charge in [-0.05, 0) is 70.8 Å². The predicted octanol–water partition coefficient (Wildman–Crippen LogP) is 3.63. The molecule has 6 heteroatoms. The third-order valence-corrected chi connectivity index (χ3v) is 6.56. The molecule has 1 unspecified atom stereocenters. The highest BCUT2D eigenvalue weighted by molar-refractivity contribution is 7.18. The number of nitrogens with one attached hydrogen (secondary N) is 1. The number of carbonyl (C=O) groups is 1. The van der Waals surface area contributed by atoms with E-state index >= 15 is 0 Å². The molecular weight excluding hydrogens is 342 g/mol. The summed E-state index contributed by atoms with van der Waals surface area (Å²) in [5.74, 6) is 0.651. The summed E-state index contributed by atoms with van der Waals surface area (Å²) < 4.78 is 1.09. The van der Waals surface area contributed by atoms with Gasteiger partial charge in [0.1, 0.15) is 0 Å². The SMILES string of the molecule is Cc1nc2ccc(C(=O)NC3C4CCN(CC4)C3(C)C)cc2s1.Cl. The summed E-state index contributed by atoms with van der Waals surface area (Å²) in [6.45, 7) is 8.85. The van der Waals surface area contributed by atoms with Gasteiger partial charge in [-0.2, -0.15) is 0 Å². The number of hydrogen-bond acceptors (Lipinski definition) is 4. The molecule has 3 saturated heterocycles. The highest BCUT2D eigenvalue weighted by Gasteiger charge is 2.48. The minimum Gasteiger partial charge on any atom is -0.347 e. The fraction of sp³-hybridized carbons (Fsp3) is 0.556. The molecule has 1 aromatic heterocycles. The lowest BCUT2D eigenvalue weighted by atomic mass is 9.72. The van der Waals surface area contributed by atoms with Crippen LogP contribution in [0.5, 0.6) is 0 Å². The number of aryl methyl sites for hydroxylation is 1. The van der Waals surface area contributed by atoms with Gasteiger partial charge in [0.25, 0.3) is 5.91 Å². The van der Waals surface area contributed by atoms with Crippen LogP contribution in [0, 0.1) is 12.8 Å². The normalized spacial score (nSPS) is 27.7. The van der Waals surface area contributed by atoms with Crippen molar-refractivity contribution in [3.05, 3.63) is 28.8 Å². The second-order valence-electron chi connectivity index (χ2n) is 7.34. The third-order valence-electron chi connectivity index (χ3n) is 5.63. The molecule has 3 fully saturated rings. The van der Waals surface area contributed by atoms with Gasteiger partial charge in [0.15, 0.2) is 0 Å². The number of fused-ring (bicyclic) bond motifs is 4. The minimum atomic E-state index is 0. The van der Waals surface area contributed by atoms with Crippen LogP contribution in [0.1, 0.15) is 42.1 Å². The largest absolute Gasteiger partial charge is 0.347 e. The van der Waals surface area contributed by atoms with Gasteiger partial charge in [-0.15, -0.1) is 23.7 Å². The minimum absolute atomic E-state index is 0. The number of nitrogens with zero attached hydrogens (tertiary/aromatic N) is 2. The average molecular weight is 366 g/mol. The number of piperidine rings is 3. The molecule has 3 aliphatic heterocycles. The second-order valence-corrected chi connectivity index (χ2v) is 8.58. The zero-order valence-corrected chi connectivity index (χ0v) is 16.0. The molecule has 0 saturated carbocycles. The standard InChI is InChI=1S/C18H23N3OS.ClH/c1-11-19-14-5-4-13(10-15(14)23-11)17(22)20-16-12-6-8-21(9-7-12)18(16,2)3;/h4-5,10,12,16H,6-9H2,1-3H3,(H,20,22);1H. The van der Waals surface area contributed by atoms with E-state index in [4.69, 9.17) is 0 Å². The lowest BCUT2D eigenvalue weighted by Gasteiger charge is -2.56. The molecule has 2 bridgehead atoms. The molecule has 5 rings (SSSR count). The van der Waals surface area contributed by atoms with Crippen molar-refractivity contribution in [2.45, 2.75) is 45.2 Å². The van der Waals surface area contributed by atoms with Crippen LogP contribution in [0.3, 0.4) is 0 Å². The van der Waals surface area contributed by atoms with Crippen LogP contribution in [0.2, 0.25) is 0 Å². The van der Waals surface area contributed by atoms with Crippen molar-refractivity contribution in [2.24, 2.45) is 5.92 Å². The molecule has 0 spiro atoms. The number of rotatable bonds is 2. The van der Waals surface area contributed by atoms with Crippen LogP contribution in [-0.4, -0.2) is 40.5 Å². The van der Waals surface area contributed by atoms with Crippen molar-refractivity contribution in [1.82, 2.24) is 15.2 Å². The number of carbonyl (C=O) groups excluding carboxylic acids is 1. The van der Waals surface area contributed by atoms with E-state index < -0.39 is 0 Å². The Morgan fingerprint density at radius 2 is 2.04 bits per heavy atom. The molecule has 3 aliphatic rings. The van der Waals surface area contributed by atoms with Gasteiger partial charge < -0.3 is 5.32 Å². The first kappa shape index (κ1) is 17.6. The first-order valence-electron chi connectivity index (χ1n) is 8.38. The fourth-order valence-electron chi connectivity index (χ4n) is 4.28. The summed E-state index contributed by atoms with van der Waals surface area (Å²) in [4.78, 5) is 19.8. The zero-order chi connectivity index (χ0) is 16.2. The van der Waals surface area contributed by atoms with Crippen LogP contribution in [0.25, 0.3) is 10.2 Å². The number of thiazole rings is 1. The summed E-state index contributed by atoms with van der Waals surface area (Å²) in [5.41, 5.74) is 1.77. The van der Waals surface area contributed by atoms with E-state index in [9.17, 15) is 4.79 Å². The Morgan fingerprint density at radius 3 is 2.71 bits per heavy atom. The lowest BCUT2D eigenvalue weighted by Crippen LogP contribution is -2.69. The molecule has 1 atom stereocenters. The topological polar surface area (TPSA) is 45.2 Å². The first-order valence-corrected chi connectivity index (χ1v) is 9.20. The highest BCUT2D eigenvalue weighted by Crippen LogP contribution is 2.39. The van der Waals surface area contributed by atoms with E-state index in [1.807, 2.05) is 25.1 Å². The van der Waals surface area contributed by atoms with Crippen molar-refractivity contribution < 1.29 is 4.79 Å². The van der Waals surface area contributed by atoms with Gasteiger partial charge in [-0.25, -0.2) is 4.98 Å². The quantitative estimate of drug-likeness (QED) is 0.883. The van der Waals surface area contributed by atoms with E-state index in [0.717, 1.165) is 33.9 Å². The Morgan fingerprint density at radius 1 is 1.33 bits per heavy atom. The first-order chi connectivity index (χ1) is 10.9. The molecule has 2 aromatic rings. The molecular formula is C18H24ClN3OS. The molecule has 0 aliphatic carbocycles. The maximum atomic E-state index is 12.8. The summed E-state index contributed by atoms with van der Waals surface area (Å²) in [6.07, 6.45) is 2.39. The third kappa shape index (κ3) is 2.83. The van der Waals surface area contributed by atoms with Crippen molar-refractivity contribution >= 4 is 39.9 Å². The summed E-state index contributed by atoms with van der Waals surface area (Å²) in [7, 11) is 0. The number of halogens is 1. The molecule has 1 aromatic carbocycles. The summed E-state index contributed by atoms with van der Waals surface area (Å²) >= 11 is 1.64. The number of hydrogen-bond donors (Lipinski definition) is 1. The molecule has 130 valence electrons. The van der Waals surface area contributed by atoms with Gasteiger partial charge in [0.05, 0.1) is 15.2 Å². The van der Waals surface area contributed by atoms with E-state index in [1.54, 1.807) is 11.3 Å². The lowest BCUT2D eigenvalue weighted by molar-refractivity contribution is -0.0378. The van der Waals surface area contributed by atoms with Crippen LogP contribution in [0.4, 0.5) is 0 Å². The molecule has 4 nitrogen and oxygen atoms in total.